The van der Waals surface area contributed by atoms with E-state index in [0.717, 1.165) is 16.5 Å². The van der Waals surface area contributed by atoms with Crippen molar-refractivity contribution in [2.24, 2.45) is 0 Å². The summed E-state index contributed by atoms with van der Waals surface area (Å²) in [5.74, 6) is 1.29. The van der Waals surface area contributed by atoms with E-state index in [1.807, 2.05) is 28.8 Å². The monoisotopic (exact) mass is 439 g/mol. The molecule has 0 bridgehead atoms. The van der Waals surface area contributed by atoms with Gasteiger partial charge in [-0.1, -0.05) is 29.4 Å². The molecule has 0 aliphatic heterocycles. The van der Waals surface area contributed by atoms with Gasteiger partial charge in [0.2, 0.25) is 0 Å². The summed E-state index contributed by atoms with van der Waals surface area (Å²) in [6, 6.07) is 12.2. The molecule has 0 aliphatic carbocycles. The van der Waals surface area contributed by atoms with E-state index in [2.05, 4.69) is 16.8 Å². The molecule has 0 amide bonds. The van der Waals surface area contributed by atoms with Crippen LogP contribution in [0.15, 0.2) is 69.5 Å². The number of hydrogen-bond acceptors (Lipinski definition) is 6. The second-order valence-corrected chi connectivity index (χ2v) is 8.06. The minimum atomic E-state index is -0.457. The highest BCUT2D eigenvalue weighted by molar-refractivity contribution is 7.98. The minimum absolute atomic E-state index is 0.0915. The molecule has 152 valence electrons. The zero-order valence-electron chi connectivity index (χ0n) is 16.1. The molecule has 0 atom stereocenters. The number of aromatic hydroxyl groups is 1. The Morgan fingerprint density at radius 2 is 2.00 bits per heavy atom. The Labute approximate surface area is 181 Å². The zero-order valence-corrected chi connectivity index (χ0v) is 17.7. The fourth-order valence-corrected chi connectivity index (χ4v) is 4.24. The summed E-state index contributed by atoms with van der Waals surface area (Å²) in [5.41, 5.74) is 2.18. The Balaban J connectivity index is 1.69. The van der Waals surface area contributed by atoms with Crippen LogP contribution < -0.4 is 5.63 Å². The van der Waals surface area contributed by atoms with E-state index < -0.39 is 5.63 Å². The molecule has 1 N–H and O–H groups in total. The van der Waals surface area contributed by atoms with Crippen molar-refractivity contribution in [3.8, 4) is 17.1 Å². The first-order valence-electron chi connectivity index (χ1n) is 9.16. The van der Waals surface area contributed by atoms with E-state index in [9.17, 15) is 9.90 Å². The Hall–Kier alpha value is -3.03. The number of allylic oxidation sites excluding steroid dienone is 1. The number of aryl methyl sites for hydroxylation is 1. The van der Waals surface area contributed by atoms with E-state index in [-0.39, 0.29) is 5.75 Å². The lowest BCUT2D eigenvalue weighted by atomic mass is 10.1. The van der Waals surface area contributed by atoms with Crippen LogP contribution >= 0.6 is 23.4 Å². The quantitative estimate of drug-likeness (QED) is 0.253. The Morgan fingerprint density at radius 3 is 2.73 bits per heavy atom. The van der Waals surface area contributed by atoms with Gasteiger partial charge in [0.1, 0.15) is 11.3 Å². The highest BCUT2D eigenvalue weighted by atomic mass is 35.5. The zero-order chi connectivity index (χ0) is 21.3. The Kier molecular flexibility index (Phi) is 5.65. The summed E-state index contributed by atoms with van der Waals surface area (Å²) in [6.45, 7) is 6.09. The van der Waals surface area contributed by atoms with Gasteiger partial charge in [-0.15, -0.1) is 16.8 Å². The lowest BCUT2D eigenvalue weighted by Gasteiger charge is -2.10. The Morgan fingerprint density at radius 1 is 1.23 bits per heavy atom. The van der Waals surface area contributed by atoms with Crippen LogP contribution in [0.2, 0.25) is 5.02 Å². The summed E-state index contributed by atoms with van der Waals surface area (Å²) < 4.78 is 7.28. The van der Waals surface area contributed by atoms with Gasteiger partial charge in [0.05, 0.1) is 0 Å². The smallest absolute Gasteiger partial charge is 0.336 e. The number of benzene rings is 2. The molecule has 0 radical (unpaired) electrons. The third-order valence-corrected chi connectivity index (χ3v) is 5.97. The van der Waals surface area contributed by atoms with Gasteiger partial charge in [-0.2, -0.15) is 0 Å². The predicted octanol–water partition coefficient (Wildman–Crippen LogP) is 5.20. The highest BCUT2D eigenvalue weighted by Gasteiger charge is 2.16. The molecule has 2 aromatic heterocycles. The van der Waals surface area contributed by atoms with Crippen LogP contribution in [0.1, 0.15) is 11.1 Å². The second kappa shape index (κ2) is 8.38. The van der Waals surface area contributed by atoms with Crippen molar-refractivity contribution in [1.82, 2.24) is 14.8 Å². The van der Waals surface area contributed by atoms with Crippen LogP contribution in [-0.4, -0.2) is 19.9 Å². The minimum Gasteiger partial charge on any atom is -0.508 e. The molecule has 0 unspecified atom stereocenters. The van der Waals surface area contributed by atoms with Gasteiger partial charge in [-0.25, -0.2) is 4.79 Å². The van der Waals surface area contributed by atoms with Gasteiger partial charge in [0.15, 0.2) is 11.0 Å². The number of aromatic nitrogens is 3. The fourth-order valence-electron chi connectivity index (χ4n) is 3.18. The van der Waals surface area contributed by atoms with Crippen LogP contribution in [0.25, 0.3) is 22.4 Å². The molecule has 0 aliphatic rings. The molecule has 2 heterocycles. The first kappa shape index (κ1) is 20.3. The molecular weight excluding hydrogens is 422 g/mol. The van der Waals surface area contributed by atoms with Crippen molar-refractivity contribution in [3.63, 3.8) is 0 Å². The molecule has 0 fully saturated rings. The predicted molar refractivity (Wildman–Crippen MR) is 119 cm³/mol. The highest BCUT2D eigenvalue weighted by Crippen LogP contribution is 2.32. The average molecular weight is 440 g/mol. The molecule has 8 heteroatoms. The summed E-state index contributed by atoms with van der Waals surface area (Å²) in [6.07, 6.45) is 1.78. The van der Waals surface area contributed by atoms with Crippen LogP contribution in [0.3, 0.4) is 0 Å². The van der Waals surface area contributed by atoms with Crippen LogP contribution in [0.5, 0.6) is 5.75 Å². The number of thioether (sulfide) groups is 1. The average Bonchev–Trinajstić information content (AvgIpc) is 3.13. The van der Waals surface area contributed by atoms with Gasteiger partial charge in [0.25, 0.3) is 0 Å². The molecule has 0 spiro atoms. The van der Waals surface area contributed by atoms with Crippen molar-refractivity contribution in [2.75, 3.05) is 0 Å². The number of phenolic OH excluding ortho intramolecular Hbond substituents is 1. The largest absolute Gasteiger partial charge is 0.508 e. The van der Waals surface area contributed by atoms with Crippen molar-refractivity contribution >= 4 is 34.3 Å². The number of hydrogen-bond donors (Lipinski definition) is 1. The molecule has 30 heavy (non-hydrogen) atoms. The maximum atomic E-state index is 12.1. The number of fused-ring (bicyclic) bond motifs is 1. The van der Waals surface area contributed by atoms with Crippen LogP contribution in [0.4, 0.5) is 0 Å². The number of rotatable bonds is 6. The molecule has 2 aromatic carbocycles. The van der Waals surface area contributed by atoms with Crippen LogP contribution in [-0.2, 0) is 12.3 Å². The lowest BCUT2D eigenvalue weighted by Crippen LogP contribution is -2.03. The SMILES string of the molecule is C=CCn1c(SCc2cc(=O)oc3c(C)c(O)ccc23)nnc1-c1ccc(Cl)cc1. The van der Waals surface area contributed by atoms with Crippen molar-refractivity contribution < 1.29 is 9.52 Å². The first-order chi connectivity index (χ1) is 14.5. The summed E-state index contributed by atoms with van der Waals surface area (Å²) in [4.78, 5) is 12.1. The van der Waals surface area contributed by atoms with Gasteiger partial charge >= 0.3 is 5.63 Å². The van der Waals surface area contributed by atoms with E-state index in [0.29, 0.717) is 39.4 Å². The van der Waals surface area contributed by atoms with E-state index in [4.69, 9.17) is 16.0 Å². The van der Waals surface area contributed by atoms with Gasteiger partial charge in [-0.3, -0.25) is 4.57 Å². The normalized spacial score (nSPS) is 11.1. The molecular formula is C22H18ClN3O3S. The van der Waals surface area contributed by atoms with Crippen molar-refractivity contribution in [2.45, 2.75) is 24.4 Å². The summed E-state index contributed by atoms with van der Waals surface area (Å²) in [7, 11) is 0. The fraction of sp³-hybridized carbons (Fsp3) is 0.136. The van der Waals surface area contributed by atoms with Crippen LogP contribution in [0, 0.1) is 6.92 Å². The summed E-state index contributed by atoms with van der Waals surface area (Å²) >= 11 is 7.46. The second-order valence-electron chi connectivity index (χ2n) is 6.68. The third kappa shape index (κ3) is 3.86. The van der Waals surface area contributed by atoms with Crippen molar-refractivity contribution in [1.29, 1.82) is 0 Å². The maximum Gasteiger partial charge on any atom is 0.336 e. The lowest BCUT2D eigenvalue weighted by molar-refractivity contribution is 0.468. The third-order valence-electron chi connectivity index (χ3n) is 4.71. The maximum absolute atomic E-state index is 12.1. The van der Waals surface area contributed by atoms with Gasteiger partial charge < -0.3 is 9.52 Å². The summed E-state index contributed by atoms with van der Waals surface area (Å²) in [5, 5.41) is 20.7. The topological polar surface area (TPSA) is 81.2 Å². The van der Waals surface area contributed by atoms with E-state index in [1.165, 1.54) is 17.8 Å². The molecule has 6 nitrogen and oxygen atoms in total. The van der Waals surface area contributed by atoms with Crippen molar-refractivity contribution in [3.05, 3.63) is 81.7 Å². The molecule has 4 aromatic rings. The molecule has 4 rings (SSSR count). The Bertz CT molecular complexity index is 1300. The standard InChI is InChI=1S/C22H18ClN3O3S/c1-3-10-26-21(14-4-6-16(23)7-5-14)24-25-22(26)30-12-15-11-19(28)29-20-13(2)18(27)9-8-17(15)20/h3-9,11,27H,1,10,12H2,2H3. The number of halogens is 1. The van der Waals surface area contributed by atoms with Gasteiger partial charge in [0, 0.05) is 39.9 Å². The molecule has 0 saturated carbocycles. The van der Waals surface area contributed by atoms with E-state index in [1.54, 1.807) is 25.1 Å². The number of phenols is 1. The first-order valence-corrected chi connectivity index (χ1v) is 10.5. The van der Waals surface area contributed by atoms with Gasteiger partial charge in [-0.05, 0) is 48.9 Å². The molecule has 0 saturated heterocycles. The van der Waals surface area contributed by atoms with E-state index >= 15 is 0 Å². The number of nitrogens with zero attached hydrogens (tertiary/aromatic N) is 3.